The van der Waals surface area contributed by atoms with Crippen LogP contribution in [0.15, 0.2) is 6.33 Å². The highest BCUT2D eigenvalue weighted by Gasteiger charge is 2.51. The number of nitrogens with zero attached hydrogens (tertiary/aromatic N) is 7. The van der Waals surface area contributed by atoms with Gasteiger partial charge < -0.3 is 49.9 Å². The van der Waals surface area contributed by atoms with Crippen LogP contribution in [0.1, 0.15) is 75.0 Å². The van der Waals surface area contributed by atoms with Crippen LogP contribution in [-0.4, -0.2) is 136 Å². The molecule has 1 aliphatic rings. The van der Waals surface area contributed by atoms with Gasteiger partial charge in [0.05, 0.1) is 6.33 Å². The number of rotatable bonds is 17. The van der Waals surface area contributed by atoms with E-state index in [1.165, 1.54) is 58.9 Å². The molecule has 1 saturated heterocycles. The van der Waals surface area contributed by atoms with Gasteiger partial charge in [-0.25, -0.2) is 18.7 Å². The Kier molecular flexibility index (Phi) is 23.7. The standard InChI is InChI=1S/C12H15FN5O12P3.3C6H15N/c1-2-12(4-27-32(23,24)30-33(25,26)29-31(20,21)22)6(19)3-7(28-12)18-5-15-8-9(14)16-11(13)17-10(8)18;3*1-4-7(5-2)6-3/h1,5-7,19H,3-4H2,(H,23,24)(H,25,26)(H2,14,16,17)(H2,20,21,22);3*4-6H2,1-3H3/t6-,7+,12+;;;/m0.../s1. The smallest absolute Gasteiger partial charge is 0.389 e. The topological polar surface area (TPSA) is 269 Å². The van der Waals surface area contributed by atoms with E-state index < -0.39 is 54.1 Å². The number of hydrogen-bond acceptors (Lipinski definition) is 15. The van der Waals surface area contributed by atoms with Crippen LogP contribution in [0.25, 0.3) is 11.2 Å². The second-order valence-electron chi connectivity index (χ2n) is 11.3. The summed E-state index contributed by atoms with van der Waals surface area (Å²) in [5.41, 5.74) is 3.34. The van der Waals surface area contributed by atoms with Crippen LogP contribution >= 0.6 is 23.5 Å². The molecule has 7 N–H and O–H groups in total. The van der Waals surface area contributed by atoms with Crippen molar-refractivity contribution in [3.05, 3.63) is 12.4 Å². The van der Waals surface area contributed by atoms with E-state index in [0.29, 0.717) is 0 Å². The molecule has 2 aromatic heterocycles. The van der Waals surface area contributed by atoms with Gasteiger partial charge in [-0.1, -0.05) is 68.2 Å². The molecule has 0 bridgehead atoms. The van der Waals surface area contributed by atoms with E-state index in [-0.39, 0.29) is 23.4 Å². The Morgan fingerprint density at radius 3 is 1.69 bits per heavy atom. The second-order valence-corrected chi connectivity index (χ2v) is 15.7. The van der Waals surface area contributed by atoms with Crippen LogP contribution in [0.3, 0.4) is 0 Å². The molecule has 0 amide bonds. The number of nitrogen functional groups attached to an aromatic ring is 1. The third-order valence-electron chi connectivity index (χ3n) is 8.17. The molecule has 54 heavy (non-hydrogen) atoms. The average Bonchev–Trinajstić information content (AvgIpc) is 3.66. The van der Waals surface area contributed by atoms with E-state index in [0.717, 1.165) is 10.9 Å². The molecule has 3 heterocycles. The Morgan fingerprint density at radius 2 is 1.31 bits per heavy atom. The quantitative estimate of drug-likeness (QED) is 0.0755. The lowest BCUT2D eigenvalue weighted by molar-refractivity contribution is -0.0874. The summed E-state index contributed by atoms with van der Waals surface area (Å²) in [6, 6.07) is 0. The minimum Gasteiger partial charge on any atom is -0.389 e. The highest BCUT2D eigenvalue weighted by Crippen LogP contribution is 2.66. The van der Waals surface area contributed by atoms with Gasteiger partial charge in [0.1, 0.15) is 18.9 Å². The Balaban J connectivity index is 0.00000109. The van der Waals surface area contributed by atoms with Gasteiger partial charge in [-0.05, 0) is 58.9 Å². The summed E-state index contributed by atoms with van der Waals surface area (Å²) in [6.45, 7) is 29.3. The number of aliphatic hydroxyl groups is 1. The van der Waals surface area contributed by atoms with Gasteiger partial charge >= 0.3 is 29.5 Å². The summed E-state index contributed by atoms with van der Waals surface area (Å²) in [6.07, 6.45) is 2.36. The maximum atomic E-state index is 13.6. The second kappa shape index (κ2) is 24.6. The molecule has 0 radical (unpaired) electrons. The van der Waals surface area contributed by atoms with E-state index in [1.54, 1.807) is 0 Å². The highest BCUT2D eigenvalue weighted by atomic mass is 31.3. The van der Waals surface area contributed by atoms with Gasteiger partial charge in [0.2, 0.25) is 0 Å². The molecule has 5 atom stereocenters. The number of aliphatic hydroxyl groups excluding tert-OH is 1. The Labute approximate surface area is 317 Å². The van der Waals surface area contributed by atoms with Crippen LogP contribution in [0.2, 0.25) is 0 Å². The number of nitrogens with two attached hydrogens (primary N) is 1. The van der Waals surface area contributed by atoms with E-state index in [4.69, 9.17) is 26.7 Å². The van der Waals surface area contributed by atoms with Crippen LogP contribution in [0.5, 0.6) is 0 Å². The number of phosphoric acid groups is 3. The van der Waals surface area contributed by atoms with Gasteiger partial charge in [-0.3, -0.25) is 9.09 Å². The van der Waals surface area contributed by atoms with Crippen molar-refractivity contribution in [3.8, 4) is 12.3 Å². The van der Waals surface area contributed by atoms with Crippen LogP contribution in [-0.2, 0) is 31.6 Å². The fourth-order valence-corrected chi connectivity index (χ4v) is 7.89. The monoisotopic (exact) mass is 836 g/mol. The fraction of sp³-hybridized carbons (Fsp3) is 0.767. The molecular formula is C30H60FN8O12P3. The number of aromatic nitrogens is 4. The fourth-order valence-electron chi connectivity index (χ4n) is 4.84. The molecule has 3 rings (SSSR count). The Hall–Kier alpha value is -1.95. The van der Waals surface area contributed by atoms with Gasteiger partial charge in [-0.2, -0.15) is 23.0 Å². The largest absolute Gasteiger partial charge is 0.490 e. The lowest BCUT2D eigenvalue weighted by Crippen LogP contribution is -2.42. The zero-order valence-corrected chi connectivity index (χ0v) is 35.3. The van der Waals surface area contributed by atoms with Gasteiger partial charge in [0, 0.05) is 6.42 Å². The lowest BCUT2D eigenvalue weighted by Gasteiger charge is -2.27. The third kappa shape index (κ3) is 17.9. The van der Waals surface area contributed by atoms with Crippen LogP contribution in [0.4, 0.5) is 10.2 Å². The number of halogens is 1. The number of hydrogen-bond donors (Lipinski definition) is 6. The summed E-state index contributed by atoms with van der Waals surface area (Å²) in [7, 11) is -16.9. The zero-order chi connectivity index (χ0) is 41.9. The lowest BCUT2D eigenvalue weighted by atomic mass is 9.99. The summed E-state index contributed by atoms with van der Waals surface area (Å²) in [4.78, 5) is 53.8. The predicted molar refractivity (Wildman–Crippen MR) is 202 cm³/mol. The van der Waals surface area contributed by atoms with Crippen LogP contribution in [0, 0.1) is 18.4 Å². The van der Waals surface area contributed by atoms with Crippen molar-refractivity contribution in [3.63, 3.8) is 0 Å². The first kappa shape index (κ1) is 52.0. The molecular weight excluding hydrogens is 776 g/mol. The molecule has 0 saturated carbocycles. The molecule has 1 fully saturated rings. The molecule has 2 unspecified atom stereocenters. The summed E-state index contributed by atoms with van der Waals surface area (Å²) < 4.78 is 66.0. The van der Waals surface area contributed by atoms with Crippen molar-refractivity contribution >= 4 is 40.4 Å². The molecule has 2 aromatic rings. The number of ether oxygens (including phenoxy) is 1. The third-order valence-corrected chi connectivity index (χ3v) is 12.0. The number of anilines is 1. The number of terminal acetylenes is 1. The van der Waals surface area contributed by atoms with E-state index in [1.807, 2.05) is 5.92 Å². The van der Waals surface area contributed by atoms with Gasteiger partial charge in [0.15, 0.2) is 22.6 Å². The molecule has 314 valence electrons. The number of imidazole rings is 1. The predicted octanol–water partition coefficient (Wildman–Crippen LogP) is 3.59. The Morgan fingerprint density at radius 1 is 0.870 bits per heavy atom. The van der Waals surface area contributed by atoms with Crippen molar-refractivity contribution in [1.82, 2.24) is 34.2 Å². The average molecular weight is 837 g/mol. The van der Waals surface area contributed by atoms with Crippen molar-refractivity contribution in [2.45, 2.75) is 86.7 Å². The van der Waals surface area contributed by atoms with E-state index >= 15 is 0 Å². The molecule has 24 heteroatoms. The molecule has 1 aliphatic heterocycles. The summed E-state index contributed by atoms with van der Waals surface area (Å²) in [5.74, 6) is 1.75. The first-order valence-corrected chi connectivity index (χ1v) is 22.1. The van der Waals surface area contributed by atoms with Crippen LogP contribution < -0.4 is 5.73 Å². The SMILES string of the molecule is C#C[C@]1(COP(=O)(O)OP(=O)(O)OP(=O)(O)O)O[C@@H](n2cnc3c(N)nc(F)nc32)C[C@@H]1O.CCN(CC)CC.CCN(CC)CC.CCN(CC)CC. The first-order valence-electron chi connectivity index (χ1n) is 17.5. The normalized spacial score (nSPS) is 20.6. The zero-order valence-electron chi connectivity index (χ0n) is 32.6. The first-order chi connectivity index (χ1) is 25.1. The summed E-state index contributed by atoms with van der Waals surface area (Å²) in [5, 5.41) is 10.4. The minimum atomic E-state index is -5.76. The molecule has 0 aliphatic carbocycles. The molecule has 0 aromatic carbocycles. The van der Waals surface area contributed by atoms with E-state index in [9.17, 15) is 33.0 Å². The van der Waals surface area contributed by atoms with E-state index in [2.05, 4.69) is 105 Å². The highest BCUT2D eigenvalue weighted by molar-refractivity contribution is 7.66. The number of phosphoric ester groups is 1. The van der Waals surface area contributed by atoms with Crippen molar-refractivity contribution in [1.29, 1.82) is 0 Å². The number of fused-ring (bicyclic) bond motifs is 1. The van der Waals surface area contributed by atoms with Crippen molar-refractivity contribution < 1.29 is 60.6 Å². The molecule has 0 spiro atoms. The maximum absolute atomic E-state index is 13.6. The summed E-state index contributed by atoms with van der Waals surface area (Å²) >= 11 is 0. The minimum absolute atomic E-state index is 0.0148. The maximum Gasteiger partial charge on any atom is 0.490 e. The van der Waals surface area contributed by atoms with Crippen molar-refractivity contribution in [2.75, 3.05) is 71.2 Å². The van der Waals surface area contributed by atoms with Gasteiger partial charge in [0.25, 0.3) is 0 Å². The Bertz CT molecular complexity index is 1520. The molecule has 20 nitrogen and oxygen atoms in total. The van der Waals surface area contributed by atoms with Gasteiger partial charge in [-0.15, -0.1) is 6.42 Å². The van der Waals surface area contributed by atoms with Crippen molar-refractivity contribution in [2.24, 2.45) is 0 Å².